The van der Waals surface area contributed by atoms with Gasteiger partial charge >= 0.3 is 0 Å². The highest BCUT2D eigenvalue weighted by molar-refractivity contribution is 7.80. The molecular formula is C23H26N4OS. The Hall–Kier alpha value is -2.86. The van der Waals surface area contributed by atoms with Crippen LogP contribution in [0.2, 0.25) is 0 Å². The molecule has 1 fully saturated rings. The lowest BCUT2D eigenvalue weighted by Crippen LogP contribution is -2.29. The fraction of sp³-hybridized carbons (Fsp3) is 0.304. The average Bonchev–Trinajstić information content (AvgIpc) is 3.23. The molecule has 5 nitrogen and oxygen atoms in total. The van der Waals surface area contributed by atoms with E-state index in [-0.39, 0.29) is 12.1 Å². The Morgan fingerprint density at radius 1 is 1.14 bits per heavy atom. The first-order valence-corrected chi connectivity index (χ1v) is 10.3. The van der Waals surface area contributed by atoms with Gasteiger partial charge in [-0.1, -0.05) is 12.1 Å². The predicted molar refractivity (Wildman–Crippen MR) is 121 cm³/mol. The maximum Gasteiger partial charge on any atom is 0.174 e. The van der Waals surface area contributed by atoms with Gasteiger partial charge in [-0.2, -0.15) is 0 Å². The molecule has 1 aliphatic heterocycles. The number of hydrogen-bond acceptors (Lipinski definition) is 3. The van der Waals surface area contributed by atoms with Gasteiger partial charge in [0.25, 0.3) is 0 Å². The summed E-state index contributed by atoms with van der Waals surface area (Å²) in [4.78, 5) is 6.82. The van der Waals surface area contributed by atoms with Crippen LogP contribution in [-0.2, 0) is 6.54 Å². The summed E-state index contributed by atoms with van der Waals surface area (Å²) in [6, 6.07) is 16.3. The number of nitrogens with zero attached hydrogens (tertiary/aromatic N) is 3. The molecule has 2 aromatic heterocycles. The highest BCUT2D eigenvalue weighted by atomic mass is 32.1. The van der Waals surface area contributed by atoms with Crippen molar-refractivity contribution in [1.29, 1.82) is 0 Å². The summed E-state index contributed by atoms with van der Waals surface area (Å²) in [6.45, 7) is 7.46. The molecule has 3 aromatic rings. The number of methoxy groups -OCH3 is 1. The van der Waals surface area contributed by atoms with Gasteiger partial charge < -0.3 is 19.5 Å². The lowest BCUT2D eigenvalue weighted by atomic mass is 9.96. The van der Waals surface area contributed by atoms with Crippen LogP contribution in [0.1, 0.15) is 41.7 Å². The van der Waals surface area contributed by atoms with E-state index in [1.165, 1.54) is 17.0 Å². The molecule has 0 saturated carbocycles. The summed E-state index contributed by atoms with van der Waals surface area (Å²) in [7, 11) is 1.68. The summed E-state index contributed by atoms with van der Waals surface area (Å²) >= 11 is 5.81. The highest BCUT2D eigenvalue weighted by Crippen LogP contribution is 2.43. The Bertz CT molecular complexity index is 1030. The number of ether oxygens (including phenoxy) is 1. The first kappa shape index (κ1) is 19.5. The number of thiocarbonyl (C=S) groups is 1. The molecule has 1 aromatic carbocycles. The molecule has 0 bridgehead atoms. The van der Waals surface area contributed by atoms with Crippen LogP contribution in [0.3, 0.4) is 0 Å². The van der Waals surface area contributed by atoms with Crippen LogP contribution in [0.4, 0.5) is 5.69 Å². The molecule has 0 spiro atoms. The van der Waals surface area contributed by atoms with E-state index >= 15 is 0 Å². The maximum atomic E-state index is 5.81. The van der Waals surface area contributed by atoms with Crippen molar-refractivity contribution in [3.8, 4) is 5.75 Å². The summed E-state index contributed by atoms with van der Waals surface area (Å²) in [5.74, 6) is 0.810. The van der Waals surface area contributed by atoms with E-state index in [1.54, 1.807) is 7.11 Å². The van der Waals surface area contributed by atoms with Gasteiger partial charge in [0.05, 0.1) is 24.9 Å². The molecular weight excluding hydrogens is 380 g/mol. The fourth-order valence-corrected chi connectivity index (χ4v) is 4.67. The number of aromatic nitrogens is 2. The SMILES string of the molecule is CCn1c(C)cc([C@H]2[C@H](c3ccccn3)NC(=S)N2c2cccc(OC)c2)c1C. The zero-order valence-corrected chi connectivity index (χ0v) is 18.0. The molecule has 0 unspecified atom stereocenters. The Kier molecular flexibility index (Phi) is 5.28. The standard InChI is InChI=1S/C23H26N4OS/c1-5-26-15(2)13-19(16(26)3)22-21(20-11-6-7-12-24-20)25-23(29)27(22)17-9-8-10-18(14-17)28-4/h6-14,21-22H,5H2,1-4H3,(H,25,29)/t21-,22-/m0/s1. The summed E-state index contributed by atoms with van der Waals surface area (Å²) in [6.07, 6.45) is 1.83. The van der Waals surface area contributed by atoms with E-state index in [0.717, 1.165) is 23.7 Å². The van der Waals surface area contributed by atoms with Gasteiger partial charge in [0.1, 0.15) is 5.75 Å². The lowest BCUT2D eigenvalue weighted by molar-refractivity contribution is 0.415. The van der Waals surface area contributed by atoms with Gasteiger partial charge in [-0.3, -0.25) is 4.98 Å². The molecule has 29 heavy (non-hydrogen) atoms. The molecule has 2 atom stereocenters. The van der Waals surface area contributed by atoms with Gasteiger partial charge in [0, 0.05) is 35.9 Å². The highest BCUT2D eigenvalue weighted by Gasteiger charge is 2.42. The quantitative estimate of drug-likeness (QED) is 0.622. The topological polar surface area (TPSA) is 42.3 Å². The van der Waals surface area contributed by atoms with E-state index in [0.29, 0.717) is 5.11 Å². The van der Waals surface area contributed by atoms with Gasteiger partial charge in [0.15, 0.2) is 5.11 Å². The van der Waals surface area contributed by atoms with E-state index in [9.17, 15) is 0 Å². The van der Waals surface area contributed by atoms with E-state index in [4.69, 9.17) is 17.0 Å². The molecule has 0 aliphatic carbocycles. The van der Waals surface area contributed by atoms with Crippen LogP contribution in [0.5, 0.6) is 5.75 Å². The fourth-order valence-electron chi connectivity index (χ4n) is 4.32. The first-order valence-electron chi connectivity index (χ1n) is 9.86. The summed E-state index contributed by atoms with van der Waals surface area (Å²) < 4.78 is 7.80. The van der Waals surface area contributed by atoms with Crippen molar-refractivity contribution in [2.24, 2.45) is 0 Å². The maximum absolute atomic E-state index is 5.81. The van der Waals surface area contributed by atoms with Crippen LogP contribution < -0.4 is 15.0 Å². The van der Waals surface area contributed by atoms with E-state index in [2.05, 4.69) is 58.7 Å². The Labute approximate surface area is 177 Å². The number of anilines is 1. The molecule has 1 saturated heterocycles. The number of aryl methyl sites for hydroxylation is 1. The normalized spacial score (nSPS) is 18.8. The second-order valence-electron chi connectivity index (χ2n) is 7.27. The Balaban J connectivity index is 1.88. The zero-order valence-electron chi connectivity index (χ0n) is 17.2. The van der Waals surface area contributed by atoms with Crippen molar-refractivity contribution in [3.05, 3.63) is 77.4 Å². The number of benzene rings is 1. The third-order valence-corrected chi connectivity index (χ3v) is 5.99. The van der Waals surface area contributed by atoms with Crippen LogP contribution >= 0.6 is 12.2 Å². The second kappa shape index (κ2) is 7.87. The van der Waals surface area contributed by atoms with Gasteiger partial charge in [-0.05, 0) is 68.9 Å². The van der Waals surface area contributed by atoms with Gasteiger partial charge in [0.2, 0.25) is 0 Å². The zero-order chi connectivity index (χ0) is 20.5. The molecule has 6 heteroatoms. The van der Waals surface area contributed by atoms with Crippen molar-refractivity contribution in [1.82, 2.24) is 14.9 Å². The molecule has 3 heterocycles. The predicted octanol–water partition coefficient (Wildman–Crippen LogP) is 4.71. The van der Waals surface area contributed by atoms with E-state index in [1.807, 2.05) is 36.5 Å². The number of hydrogen-bond donors (Lipinski definition) is 1. The summed E-state index contributed by atoms with van der Waals surface area (Å²) in [5.41, 5.74) is 5.76. The van der Waals surface area contributed by atoms with Crippen LogP contribution in [-0.4, -0.2) is 21.8 Å². The minimum absolute atomic E-state index is 0.00370. The molecule has 0 amide bonds. The van der Waals surface area contributed by atoms with Crippen molar-refractivity contribution >= 4 is 23.0 Å². The second-order valence-corrected chi connectivity index (χ2v) is 7.66. The number of rotatable bonds is 5. The molecule has 150 valence electrons. The molecule has 1 aliphatic rings. The first-order chi connectivity index (χ1) is 14.0. The lowest BCUT2D eigenvalue weighted by Gasteiger charge is -2.28. The third kappa shape index (κ3) is 3.38. The average molecular weight is 407 g/mol. The van der Waals surface area contributed by atoms with Crippen LogP contribution in [0.15, 0.2) is 54.7 Å². The third-order valence-electron chi connectivity index (χ3n) is 5.68. The molecule has 1 N–H and O–H groups in total. The van der Waals surface area contributed by atoms with Crippen LogP contribution in [0.25, 0.3) is 0 Å². The van der Waals surface area contributed by atoms with Crippen molar-refractivity contribution in [2.45, 2.75) is 39.4 Å². The minimum atomic E-state index is -0.0410. The number of nitrogens with one attached hydrogen (secondary N) is 1. The monoisotopic (exact) mass is 406 g/mol. The smallest absolute Gasteiger partial charge is 0.174 e. The number of pyridine rings is 1. The Morgan fingerprint density at radius 3 is 2.62 bits per heavy atom. The van der Waals surface area contributed by atoms with Crippen LogP contribution in [0, 0.1) is 13.8 Å². The van der Waals surface area contributed by atoms with Crippen molar-refractivity contribution in [2.75, 3.05) is 12.0 Å². The minimum Gasteiger partial charge on any atom is -0.497 e. The van der Waals surface area contributed by atoms with Gasteiger partial charge in [-0.15, -0.1) is 0 Å². The van der Waals surface area contributed by atoms with Gasteiger partial charge in [-0.25, -0.2) is 0 Å². The largest absolute Gasteiger partial charge is 0.497 e. The van der Waals surface area contributed by atoms with E-state index < -0.39 is 0 Å². The Morgan fingerprint density at radius 2 is 1.97 bits per heavy atom. The van der Waals surface area contributed by atoms with Crippen molar-refractivity contribution < 1.29 is 4.74 Å². The summed E-state index contributed by atoms with van der Waals surface area (Å²) in [5, 5.41) is 4.22. The molecule has 4 rings (SSSR count). The van der Waals surface area contributed by atoms with Crippen molar-refractivity contribution in [3.63, 3.8) is 0 Å². The molecule has 0 radical (unpaired) electrons.